The number of alkyl carbamates (subject to hydrolysis) is 1. The van der Waals surface area contributed by atoms with E-state index in [2.05, 4.69) is 21.2 Å². The average Bonchev–Trinajstić information content (AvgIpc) is 2.97. The molecule has 6 nitrogen and oxygen atoms in total. The Bertz CT molecular complexity index is 962. The van der Waals surface area contributed by atoms with Crippen LogP contribution in [0.5, 0.6) is 5.75 Å². The molecular formula is C24H29BBrNO5. The van der Waals surface area contributed by atoms with E-state index in [1.807, 2.05) is 82.3 Å². The highest BCUT2D eigenvalue weighted by Gasteiger charge is 2.52. The minimum Gasteiger partial charge on any atom is -0.496 e. The zero-order chi connectivity index (χ0) is 23.4. The van der Waals surface area contributed by atoms with Gasteiger partial charge in [-0.25, -0.2) is 4.79 Å². The molecule has 170 valence electrons. The van der Waals surface area contributed by atoms with Crippen LogP contribution in [0.1, 0.15) is 38.8 Å². The molecule has 0 saturated carbocycles. The Labute approximate surface area is 198 Å². The van der Waals surface area contributed by atoms with Gasteiger partial charge < -0.3 is 24.1 Å². The largest absolute Gasteiger partial charge is 0.496 e. The van der Waals surface area contributed by atoms with Gasteiger partial charge in [-0.3, -0.25) is 0 Å². The number of methoxy groups -OCH3 is 1. The highest BCUT2D eigenvalue weighted by atomic mass is 79.9. The first-order valence-corrected chi connectivity index (χ1v) is 11.2. The van der Waals surface area contributed by atoms with Gasteiger partial charge in [0.2, 0.25) is 0 Å². The van der Waals surface area contributed by atoms with Gasteiger partial charge in [-0.1, -0.05) is 58.4 Å². The number of amides is 1. The number of nitrogens with one attached hydrogen (secondary N) is 1. The Balaban J connectivity index is 1.78. The molecule has 1 heterocycles. The van der Waals surface area contributed by atoms with Crippen molar-refractivity contribution >= 4 is 35.2 Å². The van der Waals surface area contributed by atoms with Gasteiger partial charge in [0.05, 0.1) is 18.3 Å². The predicted octanol–water partition coefficient (Wildman–Crippen LogP) is 5.40. The van der Waals surface area contributed by atoms with E-state index in [1.165, 1.54) is 0 Å². The van der Waals surface area contributed by atoms with Crippen LogP contribution in [0.2, 0.25) is 0 Å². The van der Waals surface area contributed by atoms with E-state index in [-0.39, 0.29) is 13.2 Å². The molecule has 1 amide bonds. The van der Waals surface area contributed by atoms with Gasteiger partial charge in [0.15, 0.2) is 0 Å². The van der Waals surface area contributed by atoms with E-state index < -0.39 is 24.4 Å². The molecule has 0 bridgehead atoms. The fourth-order valence-electron chi connectivity index (χ4n) is 3.15. The summed E-state index contributed by atoms with van der Waals surface area (Å²) < 4.78 is 24.2. The fourth-order valence-corrected chi connectivity index (χ4v) is 3.49. The minimum absolute atomic E-state index is 0.197. The van der Waals surface area contributed by atoms with Crippen LogP contribution in [-0.4, -0.2) is 38.1 Å². The molecule has 3 rings (SSSR count). The standard InChI is InChI=1S/C24H29BBrNO5/c1-23(2)24(3,4)32-25(31-23)19(13-18-11-12-20(26)14-21(18)29-5)15-27-22(28)30-16-17-9-7-6-8-10-17/h6-14H,15-16H2,1-5H3,(H,27,28). The number of carbonyl (C=O) groups is 1. The van der Waals surface area contributed by atoms with Gasteiger partial charge in [-0.15, -0.1) is 0 Å². The molecule has 0 aliphatic carbocycles. The van der Waals surface area contributed by atoms with E-state index in [1.54, 1.807) is 7.11 Å². The second-order valence-corrected chi connectivity index (χ2v) is 9.52. The lowest BCUT2D eigenvalue weighted by Crippen LogP contribution is -2.41. The zero-order valence-corrected chi connectivity index (χ0v) is 20.7. The third-order valence-corrected chi connectivity index (χ3v) is 6.24. The zero-order valence-electron chi connectivity index (χ0n) is 19.1. The third kappa shape index (κ3) is 5.94. The number of benzene rings is 2. The van der Waals surface area contributed by atoms with Crippen LogP contribution >= 0.6 is 15.9 Å². The summed E-state index contributed by atoms with van der Waals surface area (Å²) in [5.41, 5.74) is 1.51. The first-order valence-electron chi connectivity index (χ1n) is 10.5. The van der Waals surface area contributed by atoms with E-state index in [0.29, 0.717) is 5.75 Å². The van der Waals surface area contributed by atoms with Crippen molar-refractivity contribution in [1.82, 2.24) is 5.32 Å². The van der Waals surface area contributed by atoms with Crippen LogP contribution in [0.3, 0.4) is 0 Å². The van der Waals surface area contributed by atoms with Crippen molar-refractivity contribution in [3.8, 4) is 5.75 Å². The summed E-state index contributed by atoms with van der Waals surface area (Å²) in [5.74, 6) is 0.694. The summed E-state index contributed by atoms with van der Waals surface area (Å²) in [6.45, 7) is 8.37. The van der Waals surface area contributed by atoms with Gasteiger partial charge in [0.25, 0.3) is 0 Å². The Morgan fingerprint density at radius 3 is 2.38 bits per heavy atom. The molecule has 2 aromatic carbocycles. The van der Waals surface area contributed by atoms with Gasteiger partial charge in [-0.05, 0) is 50.9 Å². The molecule has 1 fully saturated rings. The maximum absolute atomic E-state index is 12.3. The lowest BCUT2D eigenvalue weighted by Gasteiger charge is -2.32. The lowest BCUT2D eigenvalue weighted by molar-refractivity contribution is 0.00578. The summed E-state index contributed by atoms with van der Waals surface area (Å²) in [5, 5.41) is 2.81. The van der Waals surface area contributed by atoms with Crippen molar-refractivity contribution in [2.75, 3.05) is 13.7 Å². The summed E-state index contributed by atoms with van der Waals surface area (Å²) in [6, 6.07) is 15.3. The SMILES string of the molecule is COc1cc(Br)ccc1C=C(CNC(=O)OCc1ccccc1)B1OC(C)(C)C(C)(C)O1. The highest BCUT2D eigenvalue weighted by molar-refractivity contribution is 9.10. The summed E-state index contributed by atoms with van der Waals surface area (Å²) in [6.07, 6.45) is 1.41. The van der Waals surface area contributed by atoms with E-state index in [0.717, 1.165) is 21.1 Å². The van der Waals surface area contributed by atoms with Crippen LogP contribution in [-0.2, 0) is 20.7 Å². The van der Waals surface area contributed by atoms with E-state index in [9.17, 15) is 4.79 Å². The highest BCUT2D eigenvalue weighted by Crippen LogP contribution is 2.39. The molecule has 1 aliphatic rings. The first-order chi connectivity index (χ1) is 15.1. The Morgan fingerprint density at radius 1 is 1.09 bits per heavy atom. The fraction of sp³-hybridized carbons (Fsp3) is 0.375. The van der Waals surface area contributed by atoms with Crippen molar-refractivity contribution in [2.45, 2.75) is 45.5 Å². The summed E-state index contributed by atoms with van der Waals surface area (Å²) >= 11 is 3.46. The van der Waals surface area contributed by atoms with Crippen LogP contribution in [0, 0.1) is 0 Å². The lowest BCUT2D eigenvalue weighted by atomic mass is 9.77. The number of halogens is 1. The number of ether oxygens (including phenoxy) is 2. The smallest absolute Gasteiger partial charge is 0.492 e. The summed E-state index contributed by atoms with van der Waals surface area (Å²) in [4.78, 5) is 12.3. The molecular weight excluding hydrogens is 473 g/mol. The van der Waals surface area contributed by atoms with Crippen molar-refractivity contribution < 1.29 is 23.6 Å². The van der Waals surface area contributed by atoms with Crippen LogP contribution in [0.25, 0.3) is 6.08 Å². The van der Waals surface area contributed by atoms with Gasteiger partial charge in [0, 0.05) is 16.6 Å². The molecule has 32 heavy (non-hydrogen) atoms. The molecule has 2 aromatic rings. The molecule has 1 N–H and O–H groups in total. The number of rotatable bonds is 7. The predicted molar refractivity (Wildman–Crippen MR) is 129 cm³/mol. The average molecular weight is 502 g/mol. The first kappa shape index (κ1) is 24.4. The second-order valence-electron chi connectivity index (χ2n) is 8.61. The van der Waals surface area contributed by atoms with Crippen LogP contribution < -0.4 is 10.1 Å². The molecule has 0 spiro atoms. The molecule has 8 heteroatoms. The summed E-state index contributed by atoms with van der Waals surface area (Å²) in [7, 11) is 0.995. The molecule has 0 atom stereocenters. The van der Waals surface area contributed by atoms with E-state index >= 15 is 0 Å². The molecule has 0 radical (unpaired) electrons. The minimum atomic E-state index is -0.622. The monoisotopic (exact) mass is 501 g/mol. The number of hydrogen-bond acceptors (Lipinski definition) is 5. The van der Waals surface area contributed by atoms with Gasteiger partial charge in [-0.2, -0.15) is 0 Å². The topological polar surface area (TPSA) is 66.0 Å². The maximum atomic E-state index is 12.3. The molecule has 1 saturated heterocycles. The molecule has 0 aromatic heterocycles. The van der Waals surface area contributed by atoms with Gasteiger partial charge in [0.1, 0.15) is 12.4 Å². The quantitative estimate of drug-likeness (QED) is 0.514. The normalized spacial score (nSPS) is 17.2. The number of carbonyl (C=O) groups excluding carboxylic acids is 1. The van der Waals surface area contributed by atoms with Crippen LogP contribution in [0.15, 0.2) is 58.5 Å². The van der Waals surface area contributed by atoms with Crippen molar-refractivity contribution in [2.24, 2.45) is 0 Å². The van der Waals surface area contributed by atoms with Crippen LogP contribution in [0.4, 0.5) is 4.79 Å². The van der Waals surface area contributed by atoms with Crippen molar-refractivity contribution in [3.05, 3.63) is 69.6 Å². The second kappa shape index (κ2) is 10.1. The third-order valence-electron chi connectivity index (χ3n) is 5.74. The van der Waals surface area contributed by atoms with Crippen molar-refractivity contribution in [3.63, 3.8) is 0 Å². The Morgan fingerprint density at radius 2 is 1.75 bits per heavy atom. The molecule has 1 aliphatic heterocycles. The number of hydrogen-bond donors (Lipinski definition) is 1. The van der Waals surface area contributed by atoms with Crippen molar-refractivity contribution in [1.29, 1.82) is 0 Å². The van der Waals surface area contributed by atoms with E-state index in [4.69, 9.17) is 18.8 Å². The molecule has 0 unspecified atom stereocenters. The van der Waals surface area contributed by atoms with Gasteiger partial charge >= 0.3 is 13.2 Å². The Kier molecular flexibility index (Phi) is 7.69. The maximum Gasteiger partial charge on any atom is 0.492 e. The Hall–Kier alpha value is -2.29.